The van der Waals surface area contributed by atoms with E-state index in [-0.39, 0.29) is 6.61 Å². The summed E-state index contributed by atoms with van der Waals surface area (Å²) in [6.45, 7) is 4.98. The van der Waals surface area contributed by atoms with Gasteiger partial charge in [-0.15, -0.1) is 5.73 Å². The molecule has 0 atom stereocenters. The Bertz CT molecular complexity index is 212. The van der Waals surface area contributed by atoms with Gasteiger partial charge in [0.05, 0.1) is 5.76 Å². The van der Waals surface area contributed by atoms with Crippen molar-refractivity contribution >= 4 is 5.91 Å². The van der Waals surface area contributed by atoms with Gasteiger partial charge in [0.15, 0.2) is 6.61 Å². The van der Waals surface area contributed by atoms with Crippen molar-refractivity contribution in [3.63, 3.8) is 0 Å². The van der Waals surface area contributed by atoms with Gasteiger partial charge < -0.3 is 10.5 Å². The molecule has 1 amide bonds. The van der Waals surface area contributed by atoms with E-state index >= 15 is 0 Å². The third-order valence-electron chi connectivity index (χ3n) is 0.878. The number of carbonyl (C=O) groups is 1. The molecule has 0 fully saturated rings. The first-order chi connectivity index (χ1) is 5.16. The minimum atomic E-state index is -0.486. The van der Waals surface area contributed by atoms with Gasteiger partial charge in [0.2, 0.25) is 0 Å². The van der Waals surface area contributed by atoms with Crippen molar-refractivity contribution in [1.29, 1.82) is 0 Å². The van der Waals surface area contributed by atoms with Crippen LogP contribution >= 0.6 is 0 Å². The number of primary amides is 1. The predicted molar refractivity (Wildman–Crippen MR) is 42.6 cm³/mol. The van der Waals surface area contributed by atoms with E-state index in [0.717, 1.165) is 0 Å². The molecule has 0 rings (SSSR count). The Balaban J connectivity index is 3.76. The molecule has 3 heteroatoms. The summed E-state index contributed by atoms with van der Waals surface area (Å²) >= 11 is 0. The molecule has 60 valence electrons. The number of allylic oxidation sites excluding steroid dienone is 3. The Morgan fingerprint density at radius 1 is 1.82 bits per heavy atom. The zero-order valence-electron chi connectivity index (χ0n) is 6.46. The number of amides is 1. The molecular weight excluding hydrogens is 142 g/mol. The summed E-state index contributed by atoms with van der Waals surface area (Å²) < 4.78 is 4.89. The van der Waals surface area contributed by atoms with Crippen LogP contribution in [0.5, 0.6) is 0 Å². The van der Waals surface area contributed by atoms with E-state index in [1.807, 2.05) is 0 Å². The van der Waals surface area contributed by atoms with E-state index in [9.17, 15) is 4.79 Å². The Hall–Kier alpha value is -1.47. The quantitative estimate of drug-likeness (QED) is 0.368. The second-order valence-electron chi connectivity index (χ2n) is 1.90. The third kappa shape index (κ3) is 6.41. The number of nitrogens with two attached hydrogens (primary N) is 1. The second kappa shape index (κ2) is 5.33. The fourth-order valence-electron chi connectivity index (χ4n) is 0.409. The monoisotopic (exact) mass is 153 g/mol. The van der Waals surface area contributed by atoms with Gasteiger partial charge in [0.25, 0.3) is 5.91 Å². The van der Waals surface area contributed by atoms with Crippen molar-refractivity contribution in [2.24, 2.45) is 5.73 Å². The van der Waals surface area contributed by atoms with Crippen LogP contribution in [0.2, 0.25) is 0 Å². The van der Waals surface area contributed by atoms with Crippen LogP contribution in [0.1, 0.15) is 6.92 Å². The van der Waals surface area contributed by atoms with E-state index in [1.165, 1.54) is 0 Å². The summed E-state index contributed by atoms with van der Waals surface area (Å²) in [7, 11) is 0. The Labute approximate surface area is 65.8 Å². The summed E-state index contributed by atoms with van der Waals surface area (Å²) in [5.41, 5.74) is 7.38. The predicted octanol–water partition coefficient (Wildman–Crippen LogP) is 0.733. The Morgan fingerprint density at radius 3 is 2.91 bits per heavy atom. The summed E-state index contributed by atoms with van der Waals surface area (Å²) in [6, 6.07) is 0. The second-order valence-corrected chi connectivity index (χ2v) is 1.90. The van der Waals surface area contributed by atoms with Crippen molar-refractivity contribution in [2.75, 3.05) is 6.61 Å². The summed E-state index contributed by atoms with van der Waals surface area (Å²) in [6.07, 6.45) is 3.24. The van der Waals surface area contributed by atoms with E-state index < -0.39 is 5.91 Å². The van der Waals surface area contributed by atoms with Crippen LogP contribution in [-0.2, 0) is 9.53 Å². The summed E-state index contributed by atoms with van der Waals surface area (Å²) in [5.74, 6) is 0.125. The summed E-state index contributed by atoms with van der Waals surface area (Å²) in [5, 5.41) is 0. The third-order valence-corrected chi connectivity index (χ3v) is 0.878. The van der Waals surface area contributed by atoms with Crippen LogP contribution < -0.4 is 5.73 Å². The molecule has 3 nitrogen and oxygen atoms in total. The topological polar surface area (TPSA) is 52.3 Å². The van der Waals surface area contributed by atoms with Crippen LogP contribution in [0, 0.1) is 0 Å². The van der Waals surface area contributed by atoms with Gasteiger partial charge in [0, 0.05) is 0 Å². The lowest BCUT2D eigenvalue weighted by Gasteiger charge is -2.00. The van der Waals surface area contributed by atoms with E-state index in [0.29, 0.717) is 5.76 Å². The Morgan fingerprint density at radius 2 is 2.45 bits per heavy atom. The molecule has 0 saturated heterocycles. The number of carbonyl (C=O) groups excluding carboxylic acids is 1. The highest BCUT2D eigenvalue weighted by atomic mass is 16.5. The highest BCUT2D eigenvalue weighted by molar-refractivity contribution is 5.75. The zero-order chi connectivity index (χ0) is 8.69. The van der Waals surface area contributed by atoms with Gasteiger partial charge >= 0.3 is 0 Å². The maximum Gasteiger partial charge on any atom is 0.255 e. The number of ether oxygens (including phenoxy) is 1. The molecule has 0 aliphatic carbocycles. The van der Waals surface area contributed by atoms with Crippen LogP contribution in [0.3, 0.4) is 0 Å². The number of hydrogen-bond acceptors (Lipinski definition) is 2. The smallest absolute Gasteiger partial charge is 0.255 e. The molecule has 0 aliphatic rings. The van der Waals surface area contributed by atoms with Crippen molar-refractivity contribution in [2.45, 2.75) is 6.92 Å². The van der Waals surface area contributed by atoms with E-state index in [1.54, 1.807) is 19.1 Å². The van der Waals surface area contributed by atoms with Gasteiger partial charge in [0.1, 0.15) is 0 Å². The van der Waals surface area contributed by atoms with E-state index in [4.69, 9.17) is 10.5 Å². The SMILES string of the molecule is C=C=C/C=C(\C)OCC(N)=O. The van der Waals surface area contributed by atoms with Crippen molar-refractivity contribution in [3.8, 4) is 0 Å². The van der Waals surface area contributed by atoms with Gasteiger partial charge in [-0.1, -0.05) is 6.58 Å². The van der Waals surface area contributed by atoms with Crippen LogP contribution in [0.4, 0.5) is 0 Å². The van der Waals surface area contributed by atoms with Crippen molar-refractivity contribution in [1.82, 2.24) is 0 Å². The average Bonchev–Trinajstić information content (AvgIpc) is 1.97. The minimum absolute atomic E-state index is 0.0900. The highest BCUT2D eigenvalue weighted by Crippen LogP contribution is 1.93. The molecule has 0 spiro atoms. The van der Waals surface area contributed by atoms with Gasteiger partial charge in [-0.25, -0.2) is 0 Å². The van der Waals surface area contributed by atoms with Crippen molar-refractivity contribution < 1.29 is 9.53 Å². The fourth-order valence-corrected chi connectivity index (χ4v) is 0.409. The molecular formula is C8H11NO2. The molecule has 0 aromatic heterocycles. The fraction of sp³-hybridized carbons (Fsp3) is 0.250. The lowest BCUT2D eigenvalue weighted by atomic mass is 10.4. The molecule has 0 heterocycles. The lowest BCUT2D eigenvalue weighted by Crippen LogP contribution is -2.17. The molecule has 0 aromatic rings. The van der Waals surface area contributed by atoms with Crippen LogP contribution in [0.15, 0.2) is 30.2 Å². The molecule has 2 N–H and O–H groups in total. The van der Waals surface area contributed by atoms with Crippen molar-refractivity contribution in [3.05, 3.63) is 30.2 Å². The first-order valence-corrected chi connectivity index (χ1v) is 3.10. The molecule has 0 bridgehead atoms. The van der Waals surface area contributed by atoms with Crippen LogP contribution in [0.25, 0.3) is 0 Å². The van der Waals surface area contributed by atoms with Gasteiger partial charge in [-0.05, 0) is 19.1 Å². The molecule has 0 aromatic carbocycles. The highest BCUT2D eigenvalue weighted by Gasteiger charge is 1.92. The summed E-state index contributed by atoms with van der Waals surface area (Å²) in [4.78, 5) is 10.2. The maximum atomic E-state index is 10.2. The first kappa shape index (κ1) is 9.53. The van der Waals surface area contributed by atoms with Crippen LogP contribution in [-0.4, -0.2) is 12.5 Å². The number of hydrogen-bond donors (Lipinski definition) is 1. The molecule has 0 aliphatic heterocycles. The average molecular weight is 153 g/mol. The molecule has 11 heavy (non-hydrogen) atoms. The first-order valence-electron chi connectivity index (χ1n) is 3.10. The number of rotatable bonds is 4. The largest absolute Gasteiger partial charge is 0.488 e. The molecule has 0 radical (unpaired) electrons. The zero-order valence-corrected chi connectivity index (χ0v) is 6.46. The molecule has 0 saturated carbocycles. The van der Waals surface area contributed by atoms with E-state index in [2.05, 4.69) is 12.3 Å². The Kier molecular flexibility index (Phi) is 4.61. The molecule has 0 unspecified atom stereocenters. The lowest BCUT2D eigenvalue weighted by molar-refractivity contribution is -0.121. The normalized spacial score (nSPS) is 10.1. The standard InChI is InChI=1S/C8H11NO2/c1-3-4-5-7(2)11-6-8(9)10/h4-5H,1,6H2,2H3,(H2,9,10)/b7-5+. The minimum Gasteiger partial charge on any atom is -0.488 e. The van der Waals surface area contributed by atoms with Gasteiger partial charge in [-0.3, -0.25) is 4.79 Å². The maximum absolute atomic E-state index is 10.2. The van der Waals surface area contributed by atoms with Gasteiger partial charge in [-0.2, -0.15) is 0 Å².